The van der Waals surface area contributed by atoms with Gasteiger partial charge in [-0.2, -0.15) is 0 Å². The van der Waals surface area contributed by atoms with Gasteiger partial charge in [0.15, 0.2) is 0 Å². The Bertz CT molecular complexity index is 223. The van der Waals surface area contributed by atoms with Crippen LogP contribution in [0.3, 0.4) is 0 Å². The lowest BCUT2D eigenvalue weighted by atomic mass is 9.87. The van der Waals surface area contributed by atoms with Gasteiger partial charge < -0.3 is 15.3 Å². The molecule has 3 nitrogen and oxygen atoms in total. The fourth-order valence-corrected chi connectivity index (χ4v) is 2.76. The predicted molar refractivity (Wildman–Crippen MR) is 77.8 cm³/mol. The summed E-state index contributed by atoms with van der Waals surface area (Å²) in [5, 5.41) is 12.7. The van der Waals surface area contributed by atoms with Crippen molar-refractivity contribution in [3.05, 3.63) is 0 Å². The summed E-state index contributed by atoms with van der Waals surface area (Å²) in [6, 6.07) is 0.599. The molecular formula is C15H32N2O. The first kappa shape index (κ1) is 15.9. The summed E-state index contributed by atoms with van der Waals surface area (Å²) in [4.78, 5) is 2.54. The fourth-order valence-electron chi connectivity index (χ4n) is 2.76. The van der Waals surface area contributed by atoms with Gasteiger partial charge in [-0.1, -0.05) is 20.8 Å². The monoisotopic (exact) mass is 256 g/mol. The van der Waals surface area contributed by atoms with Gasteiger partial charge in [-0.3, -0.25) is 0 Å². The van der Waals surface area contributed by atoms with E-state index in [2.05, 4.69) is 37.9 Å². The summed E-state index contributed by atoms with van der Waals surface area (Å²) in [5.41, 5.74) is 0.202. The van der Waals surface area contributed by atoms with Crippen molar-refractivity contribution in [1.82, 2.24) is 10.2 Å². The van der Waals surface area contributed by atoms with Gasteiger partial charge in [0.05, 0.1) is 0 Å². The minimum absolute atomic E-state index is 0.202. The number of hydrogen-bond acceptors (Lipinski definition) is 3. The third kappa shape index (κ3) is 5.25. The molecule has 0 saturated carbocycles. The van der Waals surface area contributed by atoms with E-state index in [1.165, 1.54) is 32.5 Å². The number of hydrogen-bond donors (Lipinski definition) is 2. The van der Waals surface area contributed by atoms with Crippen molar-refractivity contribution in [2.45, 2.75) is 53.0 Å². The molecule has 0 amide bonds. The molecule has 18 heavy (non-hydrogen) atoms. The maximum atomic E-state index is 9.04. The van der Waals surface area contributed by atoms with Crippen molar-refractivity contribution in [2.24, 2.45) is 11.3 Å². The molecule has 0 aromatic heterocycles. The summed E-state index contributed by atoms with van der Waals surface area (Å²) in [7, 11) is 0. The van der Waals surface area contributed by atoms with Gasteiger partial charge in [-0.15, -0.1) is 0 Å². The van der Waals surface area contributed by atoms with Gasteiger partial charge in [-0.25, -0.2) is 0 Å². The minimum Gasteiger partial charge on any atom is -0.396 e. The lowest BCUT2D eigenvalue weighted by molar-refractivity contribution is 0.156. The summed E-state index contributed by atoms with van der Waals surface area (Å²) in [6.07, 6.45) is 3.52. The van der Waals surface area contributed by atoms with Gasteiger partial charge in [0.2, 0.25) is 0 Å². The van der Waals surface area contributed by atoms with E-state index in [-0.39, 0.29) is 12.0 Å². The van der Waals surface area contributed by atoms with E-state index in [9.17, 15) is 0 Å². The van der Waals surface area contributed by atoms with Crippen molar-refractivity contribution >= 4 is 0 Å². The smallest absolute Gasteiger partial charge is 0.0436 e. The van der Waals surface area contributed by atoms with E-state index in [0.717, 1.165) is 18.9 Å². The molecule has 3 heteroatoms. The van der Waals surface area contributed by atoms with Crippen LogP contribution < -0.4 is 5.32 Å². The molecule has 0 aromatic rings. The molecule has 1 atom stereocenters. The quantitative estimate of drug-likeness (QED) is 0.732. The normalized spacial score (nSPS) is 21.2. The zero-order valence-corrected chi connectivity index (χ0v) is 12.7. The average molecular weight is 256 g/mol. The van der Waals surface area contributed by atoms with Gasteiger partial charge in [0.1, 0.15) is 0 Å². The Morgan fingerprint density at radius 2 is 1.94 bits per heavy atom. The summed E-state index contributed by atoms with van der Waals surface area (Å²) in [6.45, 7) is 14.0. The second kappa shape index (κ2) is 7.46. The topological polar surface area (TPSA) is 35.5 Å². The molecular weight excluding hydrogens is 224 g/mol. The number of nitrogens with one attached hydrogen (secondary N) is 1. The first-order valence-electron chi connectivity index (χ1n) is 7.55. The van der Waals surface area contributed by atoms with E-state index in [1.807, 2.05) is 0 Å². The zero-order chi connectivity index (χ0) is 13.6. The van der Waals surface area contributed by atoms with Crippen LogP contribution in [0.25, 0.3) is 0 Å². The maximum absolute atomic E-state index is 9.04. The van der Waals surface area contributed by atoms with Gasteiger partial charge in [0.25, 0.3) is 0 Å². The highest BCUT2D eigenvalue weighted by Gasteiger charge is 2.25. The predicted octanol–water partition coefficient (Wildman–Crippen LogP) is 2.10. The second-order valence-corrected chi connectivity index (χ2v) is 6.58. The van der Waals surface area contributed by atoms with Crippen molar-refractivity contribution in [2.75, 3.05) is 32.8 Å². The molecule has 2 N–H and O–H groups in total. The van der Waals surface area contributed by atoms with Crippen molar-refractivity contribution < 1.29 is 5.11 Å². The lowest BCUT2D eigenvalue weighted by Gasteiger charge is -2.36. The number of rotatable bonds is 7. The van der Waals surface area contributed by atoms with Crippen molar-refractivity contribution in [1.29, 1.82) is 0 Å². The third-order valence-corrected chi connectivity index (χ3v) is 4.48. The molecule has 108 valence electrons. The number of nitrogens with zero attached hydrogens (tertiary/aromatic N) is 1. The first-order valence-corrected chi connectivity index (χ1v) is 7.55. The van der Waals surface area contributed by atoms with Crippen LogP contribution in [0.1, 0.15) is 47.0 Å². The average Bonchev–Trinajstić information content (AvgIpc) is 2.36. The van der Waals surface area contributed by atoms with Crippen molar-refractivity contribution in [3.8, 4) is 0 Å². The molecule has 0 spiro atoms. The summed E-state index contributed by atoms with van der Waals surface area (Å²) >= 11 is 0. The van der Waals surface area contributed by atoms with E-state index in [1.54, 1.807) is 0 Å². The zero-order valence-electron chi connectivity index (χ0n) is 12.7. The van der Waals surface area contributed by atoms with Crippen LogP contribution in [0.4, 0.5) is 0 Å². The van der Waals surface area contributed by atoms with Crippen LogP contribution in [-0.2, 0) is 0 Å². The van der Waals surface area contributed by atoms with Crippen LogP contribution >= 0.6 is 0 Å². The molecule has 1 aliphatic heterocycles. The van der Waals surface area contributed by atoms with Crippen molar-refractivity contribution in [3.63, 3.8) is 0 Å². The van der Waals surface area contributed by atoms with Gasteiger partial charge in [-0.05, 0) is 57.2 Å². The SMILES string of the molecule is CCN1CCC(C(C)NCC(C)(C)CCO)CC1. The summed E-state index contributed by atoms with van der Waals surface area (Å²) < 4.78 is 0. The fraction of sp³-hybridized carbons (Fsp3) is 1.00. The molecule has 0 bridgehead atoms. The lowest BCUT2D eigenvalue weighted by Crippen LogP contribution is -2.44. The molecule has 1 fully saturated rings. The van der Waals surface area contributed by atoms with Crippen LogP contribution in [0.2, 0.25) is 0 Å². The van der Waals surface area contributed by atoms with Gasteiger partial charge in [0, 0.05) is 19.2 Å². The third-order valence-electron chi connectivity index (χ3n) is 4.48. The first-order chi connectivity index (χ1) is 8.48. The van der Waals surface area contributed by atoms with E-state index in [4.69, 9.17) is 5.11 Å². The number of aliphatic hydroxyl groups is 1. The molecule has 0 radical (unpaired) electrons. The van der Waals surface area contributed by atoms with Crippen LogP contribution in [0, 0.1) is 11.3 Å². The van der Waals surface area contributed by atoms with Crippen LogP contribution in [-0.4, -0.2) is 48.8 Å². The largest absolute Gasteiger partial charge is 0.396 e. The molecule has 1 rings (SSSR count). The van der Waals surface area contributed by atoms with E-state index >= 15 is 0 Å². The Hall–Kier alpha value is -0.120. The maximum Gasteiger partial charge on any atom is 0.0436 e. The Labute approximate surface area is 113 Å². The number of likely N-dealkylation sites (tertiary alicyclic amines) is 1. The molecule has 1 saturated heterocycles. The molecule has 0 aromatic carbocycles. The molecule has 1 unspecified atom stereocenters. The highest BCUT2D eigenvalue weighted by atomic mass is 16.3. The number of piperidine rings is 1. The highest BCUT2D eigenvalue weighted by Crippen LogP contribution is 2.23. The molecule has 1 heterocycles. The van der Waals surface area contributed by atoms with Crippen LogP contribution in [0.5, 0.6) is 0 Å². The minimum atomic E-state index is 0.202. The standard InChI is InChI=1S/C15H32N2O/c1-5-17-9-6-14(7-10-17)13(2)16-12-15(3,4)8-11-18/h13-14,16,18H,5-12H2,1-4H3. The highest BCUT2D eigenvalue weighted by molar-refractivity contribution is 4.81. The van der Waals surface area contributed by atoms with E-state index < -0.39 is 0 Å². The second-order valence-electron chi connectivity index (χ2n) is 6.58. The number of aliphatic hydroxyl groups excluding tert-OH is 1. The Morgan fingerprint density at radius 1 is 1.33 bits per heavy atom. The Balaban J connectivity index is 2.27. The van der Waals surface area contributed by atoms with Gasteiger partial charge >= 0.3 is 0 Å². The Morgan fingerprint density at radius 3 is 2.44 bits per heavy atom. The molecule has 0 aliphatic carbocycles. The van der Waals surface area contributed by atoms with Crippen LogP contribution in [0.15, 0.2) is 0 Å². The Kier molecular flexibility index (Phi) is 6.61. The summed E-state index contributed by atoms with van der Waals surface area (Å²) in [5.74, 6) is 0.817. The molecule has 1 aliphatic rings. The van der Waals surface area contributed by atoms with E-state index in [0.29, 0.717) is 6.04 Å².